The van der Waals surface area contributed by atoms with Crippen molar-refractivity contribution >= 4 is 39.1 Å². The van der Waals surface area contributed by atoms with Gasteiger partial charge in [0, 0.05) is 18.1 Å². The molecule has 8 nitrogen and oxygen atoms in total. The van der Waals surface area contributed by atoms with Gasteiger partial charge in [-0.2, -0.15) is 0 Å². The first-order chi connectivity index (χ1) is 19.3. The molecule has 0 radical (unpaired) electrons. The highest BCUT2D eigenvalue weighted by atomic mass is 35.5. The topological polar surface area (TPSA) is 96.0 Å². The maximum Gasteiger partial charge on any atom is 0.264 e. The number of rotatable bonds is 12. The number of benzene rings is 3. The molecular weight excluding hydrogens is 562 g/mol. The highest BCUT2D eigenvalue weighted by Gasteiger charge is 2.34. The Morgan fingerprint density at radius 3 is 2.12 bits per heavy atom. The smallest absolute Gasteiger partial charge is 0.264 e. The number of aryl methyl sites for hydroxylation is 2. The zero-order valence-electron chi connectivity index (χ0n) is 24.3. The number of sulfonamides is 1. The molecule has 3 rings (SSSR count). The van der Waals surface area contributed by atoms with Crippen LogP contribution in [0.5, 0.6) is 5.75 Å². The van der Waals surface area contributed by atoms with E-state index in [1.165, 1.54) is 24.1 Å². The quantitative estimate of drug-likeness (QED) is 0.303. The van der Waals surface area contributed by atoms with Crippen molar-refractivity contribution in [2.24, 2.45) is 5.92 Å². The average Bonchev–Trinajstić information content (AvgIpc) is 2.93. The number of anilines is 1. The van der Waals surface area contributed by atoms with Crippen molar-refractivity contribution in [1.29, 1.82) is 0 Å². The minimum atomic E-state index is -4.21. The molecule has 2 amide bonds. The summed E-state index contributed by atoms with van der Waals surface area (Å²) in [5.74, 6) is -0.366. The summed E-state index contributed by atoms with van der Waals surface area (Å²) in [6, 6.07) is 17.6. The van der Waals surface area contributed by atoms with Crippen molar-refractivity contribution in [3.05, 3.63) is 88.4 Å². The van der Waals surface area contributed by atoms with Crippen molar-refractivity contribution in [2.75, 3.05) is 24.5 Å². The number of amides is 2. The fourth-order valence-corrected chi connectivity index (χ4v) is 5.71. The normalized spacial score (nSPS) is 12.1. The highest BCUT2D eigenvalue weighted by molar-refractivity contribution is 7.92. The summed E-state index contributed by atoms with van der Waals surface area (Å²) in [4.78, 5) is 28.6. The SMILES string of the molecule is COc1ccc(C)cc1N(CC(=O)N(Cc1ccc(Cl)cc1)[C@H](C)C(=O)NCC(C)C)S(=O)(=O)c1ccc(C)cc1. The van der Waals surface area contributed by atoms with E-state index >= 15 is 0 Å². The molecule has 0 aliphatic heterocycles. The Bertz CT molecular complexity index is 1460. The van der Waals surface area contributed by atoms with Crippen LogP contribution in [0.2, 0.25) is 5.02 Å². The first kappa shape index (κ1) is 32.0. The van der Waals surface area contributed by atoms with Crippen LogP contribution in [0.4, 0.5) is 5.69 Å². The largest absolute Gasteiger partial charge is 0.495 e. The molecule has 0 bridgehead atoms. The lowest BCUT2D eigenvalue weighted by Gasteiger charge is -2.32. The standard InChI is InChI=1S/C31H38ClN3O5S/c1-21(2)18-33-31(37)24(5)34(19-25-10-12-26(32)13-11-25)30(36)20-35(28-17-23(4)9-16-29(28)40-6)41(38,39)27-14-7-22(3)8-15-27/h7-17,21,24H,18-20H2,1-6H3,(H,33,37)/t24-/m1/s1. The molecule has 41 heavy (non-hydrogen) atoms. The van der Waals surface area contributed by atoms with E-state index in [2.05, 4.69) is 5.32 Å². The summed E-state index contributed by atoms with van der Waals surface area (Å²) in [7, 11) is -2.76. The van der Waals surface area contributed by atoms with E-state index in [-0.39, 0.29) is 29.0 Å². The van der Waals surface area contributed by atoms with Gasteiger partial charge in [0.1, 0.15) is 18.3 Å². The lowest BCUT2D eigenvalue weighted by Crippen LogP contribution is -2.51. The number of hydrogen-bond donors (Lipinski definition) is 1. The Morgan fingerprint density at radius 2 is 1.54 bits per heavy atom. The Labute approximate surface area is 248 Å². The average molecular weight is 600 g/mol. The lowest BCUT2D eigenvalue weighted by molar-refractivity contribution is -0.139. The minimum absolute atomic E-state index is 0.0337. The van der Waals surface area contributed by atoms with Crippen molar-refractivity contribution in [3.8, 4) is 5.75 Å². The molecular formula is C31H38ClN3O5S. The van der Waals surface area contributed by atoms with Gasteiger partial charge in [0.05, 0.1) is 17.7 Å². The van der Waals surface area contributed by atoms with Crippen LogP contribution in [-0.2, 0) is 26.2 Å². The van der Waals surface area contributed by atoms with Crippen molar-refractivity contribution in [3.63, 3.8) is 0 Å². The molecule has 1 N–H and O–H groups in total. The number of carbonyl (C=O) groups is 2. The fraction of sp³-hybridized carbons (Fsp3) is 0.355. The zero-order chi connectivity index (χ0) is 30.3. The summed E-state index contributed by atoms with van der Waals surface area (Å²) in [5, 5.41) is 3.42. The third kappa shape index (κ3) is 8.24. The van der Waals surface area contributed by atoms with Crippen LogP contribution >= 0.6 is 11.6 Å². The number of ether oxygens (including phenoxy) is 1. The van der Waals surface area contributed by atoms with Gasteiger partial charge in [0.2, 0.25) is 11.8 Å². The van der Waals surface area contributed by atoms with E-state index in [0.717, 1.165) is 21.0 Å². The van der Waals surface area contributed by atoms with Gasteiger partial charge in [-0.25, -0.2) is 8.42 Å². The summed E-state index contributed by atoms with van der Waals surface area (Å²) < 4.78 is 34.7. The highest BCUT2D eigenvalue weighted by Crippen LogP contribution is 2.34. The number of hydrogen-bond acceptors (Lipinski definition) is 5. The van der Waals surface area contributed by atoms with Crippen molar-refractivity contribution in [1.82, 2.24) is 10.2 Å². The van der Waals surface area contributed by atoms with Crippen LogP contribution in [0.1, 0.15) is 37.5 Å². The Balaban J connectivity index is 2.08. The minimum Gasteiger partial charge on any atom is -0.495 e. The van der Waals surface area contributed by atoms with Crippen LogP contribution in [0.25, 0.3) is 0 Å². The maximum absolute atomic E-state index is 14.1. The van der Waals surface area contributed by atoms with Crippen LogP contribution in [0, 0.1) is 19.8 Å². The van der Waals surface area contributed by atoms with E-state index in [1.54, 1.807) is 61.5 Å². The fourth-order valence-electron chi connectivity index (χ4n) is 4.17. The number of carbonyl (C=O) groups excluding carboxylic acids is 2. The van der Waals surface area contributed by atoms with Crippen LogP contribution < -0.4 is 14.4 Å². The predicted molar refractivity (Wildman–Crippen MR) is 163 cm³/mol. The molecule has 0 aliphatic carbocycles. The Kier molecular flexibility index (Phi) is 10.8. The molecule has 0 saturated carbocycles. The number of nitrogens with zero attached hydrogens (tertiary/aromatic N) is 2. The van der Waals surface area contributed by atoms with Crippen molar-refractivity contribution in [2.45, 2.75) is 52.1 Å². The second-order valence-electron chi connectivity index (χ2n) is 10.5. The molecule has 0 spiro atoms. The van der Waals surface area contributed by atoms with Gasteiger partial charge in [0.25, 0.3) is 10.0 Å². The van der Waals surface area contributed by atoms with Gasteiger partial charge in [-0.3, -0.25) is 13.9 Å². The van der Waals surface area contributed by atoms with Gasteiger partial charge in [-0.1, -0.05) is 61.3 Å². The molecule has 0 heterocycles. The Morgan fingerprint density at radius 1 is 0.927 bits per heavy atom. The van der Waals surface area contributed by atoms with Crippen LogP contribution in [0.15, 0.2) is 71.6 Å². The van der Waals surface area contributed by atoms with Crippen molar-refractivity contribution < 1.29 is 22.7 Å². The zero-order valence-corrected chi connectivity index (χ0v) is 25.9. The van der Waals surface area contributed by atoms with Crippen LogP contribution in [0.3, 0.4) is 0 Å². The summed E-state index contributed by atoms with van der Waals surface area (Å²) in [6.45, 7) is 9.25. The molecule has 3 aromatic carbocycles. The second-order valence-corrected chi connectivity index (χ2v) is 12.8. The van der Waals surface area contributed by atoms with E-state index in [9.17, 15) is 18.0 Å². The molecule has 10 heteroatoms. The summed E-state index contributed by atoms with van der Waals surface area (Å²) in [6.07, 6.45) is 0. The van der Waals surface area contributed by atoms with Gasteiger partial charge in [0.15, 0.2) is 0 Å². The molecule has 0 aromatic heterocycles. The first-order valence-electron chi connectivity index (χ1n) is 13.4. The third-order valence-corrected chi connectivity index (χ3v) is 8.63. The Hall–Kier alpha value is -3.56. The van der Waals surface area contributed by atoms with E-state index in [0.29, 0.717) is 17.3 Å². The molecule has 0 unspecified atom stereocenters. The van der Waals surface area contributed by atoms with Gasteiger partial charge in [-0.15, -0.1) is 0 Å². The number of methoxy groups -OCH3 is 1. The van der Waals surface area contributed by atoms with E-state index < -0.39 is 28.5 Å². The van der Waals surface area contributed by atoms with E-state index in [1.807, 2.05) is 27.7 Å². The molecule has 1 atom stereocenters. The molecule has 0 fully saturated rings. The maximum atomic E-state index is 14.1. The summed E-state index contributed by atoms with van der Waals surface area (Å²) in [5.41, 5.74) is 2.66. The molecule has 0 saturated heterocycles. The molecule has 220 valence electrons. The summed E-state index contributed by atoms with van der Waals surface area (Å²) >= 11 is 6.06. The van der Waals surface area contributed by atoms with Gasteiger partial charge < -0.3 is 15.0 Å². The monoisotopic (exact) mass is 599 g/mol. The lowest BCUT2D eigenvalue weighted by atomic mass is 10.1. The van der Waals surface area contributed by atoms with Crippen LogP contribution in [-0.4, -0.2) is 51.4 Å². The number of halogens is 1. The van der Waals surface area contributed by atoms with Gasteiger partial charge in [-0.05, 0) is 74.2 Å². The second kappa shape index (κ2) is 13.9. The predicted octanol–water partition coefficient (Wildman–Crippen LogP) is 5.35. The van der Waals surface area contributed by atoms with Gasteiger partial charge >= 0.3 is 0 Å². The molecule has 3 aromatic rings. The van der Waals surface area contributed by atoms with E-state index in [4.69, 9.17) is 16.3 Å². The third-order valence-electron chi connectivity index (χ3n) is 6.61. The molecule has 0 aliphatic rings. The first-order valence-corrected chi connectivity index (χ1v) is 15.2. The number of nitrogens with one attached hydrogen (secondary N) is 1.